The molecule has 0 amide bonds. The number of nitrogens with zero attached hydrogens (tertiary/aromatic N) is 7. The number of aromatic nitrogens is 13. The van der Waals surface area contributed by atoms with Gasteiger partial charge in [-0.3, -0.25) is 15.0 Å². The lowest BCUT2D eigenvalue weighted by Gasteiger charge is -1.98. The summed E-state index contributed by atoms with van der Waals surface area (Å²) in [6, 6.07) is 68.0. The van der Waals surface area contributed by atoms with E-state index >= 15 is 0 Å². The first kappa shape index (κ1) is 100. The molecule has 0 unspecified atom stereocenters. The quantitative estimate of drug-likeness (QED) is 0.0816. The minimum Gasteiger partial charge on any atom is -0.361 e. The molecule has 23 rings (SSSR count). The number of thiophene rings is 4. The van der Waals surface area contributed by atoms with E-state index in [4.69, 9.17) is 139 Å². The van der Waals surface area contributed by atoms with Crippen LogP contribution in [0.25, 0.3) is 118 Å². The maximum absolute atomic E-state index is 5.89. The predicted molar refractivity (Wildman–Crippen MR) is 574 cm³/mol. The number of halogens is 12. The zero-order chi connectivity index (χ0) is 93.9. The molecular formula is C102H87Cl12N13S4. The van der Waals surface area contributed by atoms with Gasteiger partial charge in [0.2, 0.25) is 0 Å². The molecule has 0 spiro atoms. The van der Waals surface area contributed by atoms with Gasteiger partial charge in [-0.05, 0) is 281 Å². The minimum absolute atomic E-state index is 0.548. The van der Waals surface area contributed by atoms with Crippen molar-refractivity contribution in [2.24, 2.45) is 0 Å². The number of benzene rings is 6. The van der Waals surface area contributed by atoms with E-state index in [1.807, 2.05) is 188 Å². The third-order valence-corrected chi connectivity index (χ3v) is 26.5. The fourth-order valence-electron chi connectivity index (χ4n) is 13.1. The van der Waals surface area contributed by atoms with E-state index in [1.165, 1.54) is 91.2 Å². The minimum atomic E-state index is 0.548. The highest BCUT2D eigenvalue weighted by molar-refractivity contribution is 7.19. The van der Waals surface area contributed by atoms with Gasteiger partial charge < -0.3 is 29.9 Å². The highest BCUT2D eigenvalue weighted by atomic mass is 35.5. The Bertz CT molecular complexity index is 6840. The van der Waals surface area contributed by atoms with Crippen LogP contribution < -0.4 is 0 Å². The summed E-state index contributed by atoms with van der Waals surface area (Å²) in [5, 5.41) is 19.2. The smallest absolute Gasteiger partial charge is 0.139 e. The van der Waals surface area contributed by atoms with Crippen molar-refractivity contribution in [3.63, 3.8) is 0 Å². The van der Waals surface area contributed by atoms with Gasteiger partial charge in [0.15, 0.2) is 0 Å². The lowest BCUT2D eigenvalue weighted by molar-refractivity contribution is 1.22. The number of H-pyrrole nitrogens is 6. The summed E-state index contributed by atoms with van der Waals surface area (Å²) in [6.45, 7) is 26.5. The molecule has 0 aliphatic rings. The second kappa shape index (κ2) is 47.2. The summed E-state index contributed by atoms with van der Waals surface area (Å²) in [6.07, 6.45) is 14.3. The summed E-state index contributed by atoms with van der Waals surface area (Å²) in [4.78, 5) is 54.0. The Morgan fingerprint density at radius 1 is 0.267 bits per heavy atom. The van der Waals surface area contributed by atoms with Crippen molar-refractivity contribution in [2.75, 3.05) is 0 Å². The molecule has 0 aliphatic heterocycles. The van der Waals surface area contributed by atoms with Gasteiger partial charge in [0.25, 0.3) is 0 Å². The zero-order valence-corrected chi connectivity index (χ0v) is 85.4. The van der Waals surface area contributed by atoms with Crippen LogP contribution in [0.4, 0.5) is 0 Å². The van der Waals surface area contributed by atoms with Crippen molar-refractivity contribution in [3.8, 4) is 0 Å². The van der Waals surface area contributed by atoms with E-state index in [1.54, 1.807) is 71.1 Å². The van der Waals surface area contributed by atoms with Crippen molar-refractivity contribution in [1.82, 2.24) is 64.8 Å². The van der Waals surface area contributed by atoms with Crippen molar-refractivity contribution >= 4 is 303 Å². The second-order valence-corrected chi connectivity index (χ2v) is 40.7. The van der Waals surface area contributed by atoms with Crippen LogP contribution in [0.3, 0.4) is 0 Å². The number of hydrogen-bond donors (Lipinski definition) is 6. The summed E-state index contributed by atoms with van der Waals surface area (Å²) in [5.74, 6) is 0. The molecule has 0 saturated carbocycles. The maximum atomic E-state index is 5.89. The molecule has 131 heavy (non-hydrogen) atoms. The van der Waals surface area contributed by atoms with Crippen molar-refractivity contribution < 1.29 is 0 Å². The van der Waals surface area contributed by atoms with Crippen molar-refractivity contribution in [2.45, 2.75) is 90.0 Å². The van der Waals surface area contributed by atoms with Crippen molar-refractivity contribution in [3.05, 3.63) is 386 Å². The Morgan fingerprint density at radius 3 is 1.52 bits per heavy atom. The molecule has 17 aromatic heterocycles. The van der Waals surface area contributed by atoms with E-state index in [9.17, 15) is 0 Å². The molecule has 13 nitrogen and oxygen atoms in total. The Labute approximate surface area is 834 Å². The summed E-state index contributed by atoms with van der Waals surface area (Å²) in [7, 11) is 0. The van der Waals surface area contributed by atoms with Crippen molar-refractivity contribution in [1.29, 1.82) is 0 Å². The van der Waals surface area contributed by atoms with Crippen LogP contribution in [0.2, 0.25) is 59.8 Å². The fourth-order valence-corrected chi connectivity index (χ4v) is 19.3. The molecule has 0 bridgehead atoms. The molecule has 23 aromatic rings. The van der Waals surface area contributed by atoms with Gasteiger partial charge in [0.1, 0.15) is 26.4 Å². The van der Waals surface area contributed by atoms with Crippen LogP contribution >= 0.6 is 185 Å². The number of aromatic amines is 6. The average molecular weight is 2050 g/mol. The molecule has 6 aromatic carbocycles. The van der Waals surface area contributed by atoms with Crippen LogP contribution in [0.15, 0.2) is 256 Å². The van der Waals surface area contributed by atoms with E-state index in [2.05, 4.69) is 186 Å². The van der Waals surface area contributed by atoms with Gasteiger partial charge in [-0.1, -0.05) is 187 Å². The number of rotatable bonds is 0. The molecule has 0 atom stereocenters. The van der Waals surface area contributed by atoms with Crippen LogP contribution in [0.5, 0.6) is 0 Å². The molecule has 0 radical (unpaired) electrons. The van der Waals surface area contributed by atoms with Crippen LogP contribution in [-0.2, 0) is 0 Å². The number of aryl methyl sites for hydroxylation is 13. The number of hydrogen-bond acceptors (Lipinski definition) is 11. The summed E-state index contributed by atoms with van der Waals surface area (Å²) >= 11 is 76.0. The first-order chi connectivity index (χ1) is 62.6. The predicted octanol–water partition coefficient (Wildman–Crippen LogP) is 36.8. The number of nitrogens with one attached hydrogen (secondary N) is 6. The molecule has 6 N–H and O–H groups in total. The van der Waals surface area contributed by atoms with Gasteiger partial charge in [-0.25, -0.2) is 19.9 Å². The van der Waals surface area contributed by atoms with E-state index in [-0.39, 0.29) is 0 Å². The Kier molecular flexibility index (Phi) is 36.1. The molecule has 0 saturated heterocycles. The highest BCUT2D eigenvalue weighted by Crippen LogP contribution is 2.33. The first-order valence-corrected chi connectivity index (χ1v) is 48.4. The largest absolute Gasteiger partial charge is 0.361 e. The third kappa shape index (κ3) is 29.3. The summed E-state index contributed by atoms with van der Waals surface area (Å²) < 4.78 is 3.19. The Morgan fingerprint density at radius 2 is 0.794 bits per heavy atom. The molecule has 0 fully saturated rings. The number of fused-ring (bicyclic) bond motifs is 11. The standard InChI is InChI=1S/2C10H8ClN.C10H11N.2C9H8ClN.C9H7ClS.3C8H7ClN2.2C8H6ClNS.C5H4Cl2S/c1-7-2-4-9-8(6-7)3-5-10(11)12-9;1-7-4-8-2-3-9(11)5-10(8)12-6-7;1-7-3-4-9-8(2)6-11-10(9)5-7;1-6-4-7-5-8(10)2-3-9(7)11-6;1-6-2-3-7-8(10)5-11-9(7)4-6;1-6-4-7-2-3-8(10)5-9(7)11-6;1-5-2-8-6(3-10-5)7(9)4-11-8;1-5-2-6-3-7(9)4-10-8(6)11-5;1-5-2-3-6-7(9)4-10-8(6)11-5;1-5-2-7-8(11-5)3-6(9)4-10-7;1-5-4-6-2-3-7(9)10-8(6)11-5;1-3-4(6)2-5(7)8-3/h2*2-6H,1H3;3-6,11H,1-2H3;2*2-5,11H,1H3;2-5H,1H3;2-4,11H,1H3;2*2-4H,1H3,(H,10,11);2*2-4H,1H3;2H,1H3. The van der Waals surface area contributed by atoms with Gasteiger partial charge in [-0.15, -0.1) is 45.3 Å². The Hall–Kier alpha value is -9.81. The summed E-state index contributed by atoms with van der Waals surface area (Å²) in [5.41, 5.74) is 19.8. The third-order valence-electron chi connectivity index (χ3n) is 19.4. The molecular weight excluding hydrogens is 1960 g/mol. The average Bonchev–Trinajstić information content (AvgIpc) is 1.08. The van der Waals surface area contributed by atoms with Crippen LogP contribution in [0, 0.1) is 90.0 Å². The number of pyridine rings is 7. The maximum Gasteiger partial charge on any atom is 0.139 e. The van der Waals surface area contributed by atoms with Crippen LogP contribution in [-0.4, -0.2) is 64.8 Å². The SMILES string of the molecule is Cc1cc2[nH]cc(Cl)c2cn1.Cc1cc2cc(Cl)ccc2[nH]1.Cc1cc2cc(Cl)cnc2[nH]1.Cc1cc2ccc(Cl)cc2s1.Cc1cc2ccc(Cl)nc2s1.Cc1cc2ncc(Cl)cc2s1.Cc1ccc2c(C)c[nH]c2c1.Cc1ccc2c(Cl)c[nH]c2c1.Cc1ccc2c(Cl)c[nH]c2n1.Cc1ccc2nc(Cl)ccc2c1.Cc1cnc2cc(Cl)ccc2c1.Cc1sc(Cl)cc1Cl. The van der Waals surface area contributed by atoms with E-state index in [0.717, 1.165) is 148 Å². The van der Waals surface area contributed by atoms with E-state index < -0.39 is 0 Å². The van der Waals surface area contributed by atoms with Crippen LogP contribution in [0.1, 0.15) is 70.1 Å². The first-order valence-electron chi connectivity index (χ1n) is 40.6. The van der Waals surface area contributed by atoms with Gasteiger partial charge in [0.05, 0.1) is 61.2 Å². The van der Waals surface area contributed by atoms with Gasteiger partial charge in [0, 0.05) is 177 Å². The lowest BCUT2D eigenvalue weighted by atomic mass is 10.1. The zero-order valence-electron chi connectivity index (χ0n) is 73.0. The van der Waals surface area contributed by atoms with Gasteiger partial charge >= 0.3 is 0 Å². The highest BCUT2D eigenvalue weighted by Gasteiger charge is 2.08. The monoisotopic (exact) mass is 2040 g/mol. The molecule has 0 aliphatic carbocycles. The fraction of sp³-hybridized carbons (Fsp3) is 0.127. The lowest BCUT2D eigenvalue weighted by Crippen LogP contribution is -1.80. The Balaban J connectivity index is 0.000000129. The molecule has 17 heterocycles. The molecule has 668 valence electrons. The topological polar surface area (TPSA) is 185 Å². The normalized spacial score (nSPS) is 10.6. The molecule has 29 heteroatoms. The van der Waals surface area contributed by atoms with Gasteiger partial charge in [-0.2, -0.15) is 0 Å². The van der Waals surface area contributed by atoms with E-state index in [0.29, 0.717) is 20.4 Å². The second-order valence-electron chi connectivity index (χ2n) is 30.4.